The zero-order valence-electron chi connectivity index (χ0n) is 12.2. The number of carbonyl (C=O) groups excluding carboxylic acids is 1. The number of hydrogen-bond acceptors (Lipinski definition) is 4. The Morgan fingerprint density at radius 1 is 1.32 bits per heavy atom. The summed E-state index contributed by atoms with van der Waals surface area (Å²) >= 11 is 1.55. The van der Waals surface area contributed by atoms with Gasteiger partial charge in [0.15, 0.2) is 5.13 Å². The number of carbonyl (C=O) groups is 1. The lowest BCUT2D eigenvalue weighted by molar-refractivity contribution is -0.118. The number of rotatable bonds is 4. The van der Waals surface area contributed by atoms with Gasteiger partial charge in [-0.05, 0) is 24.9 Å². The van der Waals surface area contributed by atoms with Crippen molar-refractivity contribution in [3.05, 3.63) is 47.0 Å². The molecule has 2 aromatic rings. The summed E-state index contributed by atoms with van der Waals surface area (Å²) in [4.78, 5) is 17.6. The third-order valence-corrected chi connectivity index (χ3v) is 4.54. The quantitative estimate of drug-likeness (QED) is 0.900. The Balaban J connectivity index is 0.00000176. The van der Waals surface area contributed by atoms with Gasteiger partial charge in [0.2, 0.25) is 5.91 Å². The maximum atomic E-state index is 12.1. The van der Waals surface area contributed by atoms with Gasteiger partial charge in [-0.3, -0.25) is 4.79 Å². The average Bonchev–Trinajstić information content (AvgIpc) is 2.96. The van der Waals surface area contributed by atoms with Crippen LogP contribution >= 0.6 is 23.7 Å². The second-order valence-corrected chi connectivity index (χ2v) is 6.40. The number of thiazole rings is 1. The van der Waals surface area contributed by atoms with Crippen LogP contribution < -0.4 is 10.6 Å². The maximum Gasteiger partial charge on any atom is 0.243 e. The number of piperidine rings is 1. The van der Waals surface area contributed by atoms with Gasteiger partial charge >= 0.3 is 0 Å². The lowest BCUT2D eigenvalue weighted by atomic mass is 10.0. The molecule has 2 heterocycles. The van der Waals surface area contributed by atoms with Crippen molar-refractivity contribution in [1.29, 1.82) is 0 Å². The Hall–Kier alpha value is -1.43. The van der Waals surface area contributed by atoms with Crippen LogP contribution in [-0.4, -0.2) is 23.5 Å². The first-order valence-corrected chi connectivity index (χ1v) is 8.16. The van der Waals surface area contributed by atoms with Crippen molar-refractivity contribution in [1.82, 2.24) is 10.3 Å². The van der Waals surface area contributed by atoms with E-state index in [2.05, 4.69) is 27.8 Å². The predicted octanol–water partition coefficient (Wildman–Crippen LogP) is 3.24. The van der Waals surface area contributed by atoms with Crippen LogP contribution in [0, 0.1) is 0 Å². The van der Waals surface area contributed by atoms with Crippen LogP contribution in [0.3, 0.4) is 0 Å². The van der Waals surface area contributed by atoms with E-state index in [0.29, 0.717) is 5.13 Å². The van der Waals surface area contributed by atoms with Crippen molar-refractivity contribution in [2.45, 2.75) is 31.7 Å². The number of amides is 1. The fourth-order valence-electron chi connectivity index (χ4n) is 2.51. The molecule has 22 heavy (non-hydrogen) atoms. The van der Waals surface area contributed by atoms with Crippen LogP contribution in [0.2, 0.25) is 0 Å². The summed E-state index contributed by atoms with van der Waals surface area (Å²) in [7, 11) is 0. The fraction of sp³-hybridized carbons (Fsp3) is 0.375. The van der Waals surface area contributed by atoms with Gasteiger partial charge in [0.05, 0.1) is 6.04 Å². The van der Waals surface area contributed by atoms with Gasteiger partial charge in [0.1, 0.15) is 0 Å². The third kappa shape index (κ3) is 4.53. The largest absolute Gasteiger partial charge is 0.306 e. The standard InChI is InChI=1S/C16H19N3OS.ClH/c20-15(14-8-4-5-9-17-14)19-16-18-11-13(21-16)10-12-6-2-1-3-7-12;/h1-3,6-7,11,14,17H,4-5,8-10H2,(H,18,19,20);1H. The molecule has 0 bridgehead atoms. The molecule has 1 saturated heterocycles. The van der Waals surface area contributed by atoms with Crippen molar-refractivity contribution >= 4 is 34.8 Å². The zero-order valence-corrected chi connectivity index (χ0v) is 13.9. The monoisotopic (exact) mass is 337 g/mol. The van der Waals surface area contributed by atoms with E-state index in [-0.39, 0.29) is 24.4 Å². The highest BCUT2D eigenvalue weighted by Gasteiger charge is 2.21. The summed E-state index contributed by atoms with van der Waals surface area (Å²) in [5, 5.41) is 6.87. The number of anilines is 1. The molecule has 4 nitrogen and oxygen atoms in total. The Morgan fingerprint density at radius 3 is 2.86 bits per heavy atom. The van der Waals surface area contributed by atoms with E-state index in [4.69, 9.17) is 0 Å². The van der Waals surface area contributed by atoms with Gasteiger partial charge in [-0.2, -0.15) is 0 Å². The van der Waals surface area contributed by atoms with Crippen molar-refractivity contribution < 1.29 is 4.79 Å². The maximum absolute atomic E-state index is 12.1. The molecule has 0 spiro atoms. The highest BCUT2D eigenvalue weighted by molar-refractivity contribution is 7.15. The Morgan fingerprint density at radius 2 is 2.14 bits per heavy atom. The molecule has 3 rings (SSSR count). The van der Waals surface area contributed by atoms with E-state index in [0.717, 1.165) is 37.1 Å². The lowest BCUT2D eigenvalue weighted by Crippen LogP contribution is -2.43. The number of nitrogens with zero attached hydrogens (tertiary/aromatic N) is 1. The van der Waals surface area contributed by atoms with Crippen molar-refractivity contribution in [3.63, 3.8) is 0 Å². The number of hydrogen-bond donors (Lipinski definition) is 2. The summed E-state index contributed by atoms with van der Waals surface area (Å²) in [5.41, 5.74) is 1.26. The predicted molar refractivity (Wildman–Crippen MR) is 92.9 cm³/mol. The molecule has 1 aromatic heterocycles. The minimum absolute atomic E-state index is 0. The molecule has 1 aromatic carbocycles. The molecule has 1 unspecified atom stereocenters. The second-order valence-electron chi connectivity index (χ2n) is 5.29. The first-order chi connectivity index (χ1) is 10.3. The van der Waals surface area contributed by atoms with Crippen LogP contribution in [-0.2, 0) is 11.2 Å². The molecule has 1 atom stereocenters. The van der Waals surface area contributed by atoms with E-state index in [1.807, 2.05) is 24.4 Å². The molecule has 1 amide bonds. The van der Waals surface area contributed by atoms with Crippen molar-refractivity contribution in [2.75, 3.05) is 11.9 Å². The molecule has 1 fully saturated rings. The van der Waals surface area contributed by atoms with E-state index >= 15 is 0 Å². The topological polar surface area (TPSA) is 54.0 Å². The van der Waals surface area contributed by atoms with Crippen LogP contribution in [0.4, 0.5) is 5.13 Å². The minimum atomic E-state index is -0.0692. The Kier molecular flexibility index (Phi) is 6.36. The molecule has 1 aliphatic rings. The molecule has 2 N–H and O–H groups in total. The fourth-order valence-corrected chi connectivity index (χ4v) is 3.36. The molecule has 118 valence electrons. The first kappa shape index (κ1) is 16.9. The average molecular weight is 338 g/mol. The Labute approximate surface area is 140 Å². The van der Waals surface area contributed by atoms with E-state index in [9.17, 15) is 4.79 Å². The van der Waals surface area contributed by atoms with E-state index in [1.54, 1.807) is 11.3 Å². The molecule has 0 aliphatic carbocycles. The first-order valence-electron chi connectivity index (χ1n) is 7.34. The van der Waals surface area contributed by atoms with Gasteiger partial charge in [0.25, 0.3) is 0 Å². The molecule has 0 radical (unpaired) electrons. The Bertz CT molecular complexity index is 596. The SMILES string of the molecule is Cl.O=C(Nc1ncc(Cc2ccccc2)s1)C1CCCCN1. The molecule has 1 aliphatic heterocycles. The number of nitrogens with one attached hydrogen (secondary N) is 2. The van der Waals surface area contributed by atoms with E-state index in [1.165, 1.54) is 5.56 Å². The van der Waals surface area contributed by atoms with Crippen LogP contribution in [0.5, 0.6) is 0 Å². The van der Waals surface area contributed by atoms with Crippen LogP contribution in [0.15, 0.2) is 36.5 Å². The van der Waals surface area contributed by atoms with E-state index < -0.39 is 0 Å². The van der Waals surface area contributed by atoms with Gasteiger partial charge < -0.3 is 10.6 Å². The number of halogens is 1. The highest BCUT2D eigenvalue weighted by atomic mass is 35.5. The lowest BCUT2D eigenvalue weighted by Gasteiger charge is -2.21. The molecule has 0 saturated carbocycles. The second kappa shape index (κ2) is 8.27. The summed E-state index contributed by atoms with van der Waals surface area (Å²) < 4.78 is 0. The summed E-state index contributed by atoms with van der Waals surface area (Å²) in [5.74, 6) is 0.0373. The molecule has 6 heteroatoms. The van der Waals surface area contributed by atoms with Gasteiger partial charge in [-0.15, -0.1) is 23.7 Å². The molecular formula is C16H20ClN3OS. The van der Waals surface area contributed by atoms with Gasteiger partial charge in [-0.1, -0.05) is 36.8 Å². The smallest absolute Gasteiger partial charge is 0.243 e. The third-order valence-electron chi connectivity index (χ3n) is 3.63. The summed E-state index contributed by atoms with van der Waals surface area (Å²) in [6.45, 7) is 0.926. The van der Waals surface area contributed by atoms with Crippen LogP contribution in [0.1, 0.15) is 29.7 Å². The zero-order chi connectivity index (χ0) is 14.5. The van der Waals surface area contributed by atoms with Crippen molar-refractivity contribution in [3.8, 4) is 0 Å². The van der Waals surface area contributed by atoms with Gasteiger partial charge in [-0.25, -0.2) is 4.98 Å². The summed E-state index contributed by atoms with van der Waals surface area (Å²) in [6, 6.07) is 10.2. The van der Waals surface area contributed by atoms with Crippen molar-refractivity contribution in [2.24, 2.45) is 0 Å². The highest BCUT2D eigenvalue weighted by Crippen LogP contribution is 2.21. The number of aromatic nitrogens is 1. The molecular weight excluding hydrogens is 318 g/mol. The van der Waals surface area contributed by atoms with Gasteiger partial charge in [0, 0.05) is 17.5 Å². The normalized spacial score (nSPS) is 17.5. The summed E-state index contributed by atoms with van der Waals surface area (Å²) in [6.07, 6.45) is 5.89. The minimum Gasteiger partial charge on any atom is -0.306 e. The number of benzene rings is 1. The van der Waals surface area contributed by atoms with Crippen LogP contribution in [0.25, 0.3) is 0 Å².